The van der Waals surface area contributed by atoms with E-state index < -0.39 is 8.07 Å². The molecule has 0 N–H and O–H groups in total. The Morgan fingerprint density at radius 3 is 2.46 bits per heavy atom. The first-order valence-electron chi connectivity index (χ1n) is 8.73. The van der Waals surface area contributed by atoms with Crippen molar-refractivity contribution in [3.63, 3.8) is 0 Å². The maximum Gasteiger partial charge on any atom is 0.146 e. The maximum atomic E-state index is 5.46. The third-order valence-electron chi connectivity index (χ3n) is 3.52. The quantitative estimate of drug-likeness (QED) is 0.212. The second-order valence-electron chi connectivity index (χ2n) is 6.70. The Labute approximate surface area is 148 Å². The summed E-state index contributed by atoms with van der Waals surface area (Å²) >= 11 is 0. The summed E-state index contributed by atoms with van der Waals surface area (Å²) in [5.74, 6) is 4.10. The smallest absolute Gasteiger partial charge is 0.146 e. The minimum atomic E-state index is -1.27. The summed E-state index contributed by atoms with van der Waals surface area (Å²) in [7, 11) is 0.409. The van der Waals surface area contributed by atoms with Crippen LogP contribution in [0.3, 0.4) is 0 Å². The minimum absolute atomic E-state index is 0.775. The van der Waals surface area contributed by atoms with Gasteiger partial charge in [-0.05, 0) is 38.3 Å². The molecule has 5 heteroatoms. The van der Waals surface area contributed by atoms with Gasteiger partial charge in [-0.25, -0.2) is 0 Å². The second kappa shape index (κ2) is 10.1. The number of rotatable bonds is 8. The summed E-state index contributed by atoms with van der Waals surface area (Å²) < 4.78 is 5.46. The highest BCUT2D eigenvalue weighted by Gasteiger charge is 2.09. The number of hydrogen-bond acceptors (Lipinski definition) is 3. The van der Waals surface area contributed by atoms with Gasteiger partial charge in [0, 0.05) is 19.5 Å². The lowest BCUT2D eigenvalue weighted by molar-refractivity contribution is 0.300. The van der Waals surface area contributed by atoms with Gasteiger partial charge in [0.15, 0.2) is 0 Å². The van der Waals surface area contributed by atoms with E-state index in [1.54, 1.807) is 7.11 Å². The molecule has 0 aliphatic carbocycles. The molecule has 0 saturated heterocycles. The van der Waals surface area contributed by atoms with Crippen LogP contribution in [0.4, 0.5) is 5.69 Å². The summed E-state index contributed by atoms with van der Waals surface area (Å²) in [6.07, 6.45) is 2.89. The van der Waals surface area contributed by atoms with E-state index in [-0.39, 0.29) is 0 Å². The van der Waals surface area contributed by atoms with Crippen molar-refractivity contribution in [3.8, 4) is 17.2 Å². The van der Waals surface area contributed by atoms with Crippen molar-refractivity contribution < 1.29 is 4.74 Å². The van der Waals surface area contributed by atoms with Crippen molar-refractivity contribution in [2.45, 2.75) is 52.8 Å². The molecule has 132 valence electrons. The SMILES string of the molecule is CCN(CC)N=Nc1c(CCCC#C[Si](C)(C)C)cccc1OC. The van der Waals surface area contributed by atoms with E-state index in [0.29, 0.717) is 0 Å². The number of ether oxygens (including phenoxy) is 1. The molecule has 0 fully saturated rings. The van der Waals surface area contributed by atoms with Crippen LogP contribution < -0.4 is 4.74 Å². The van der Waals surface area contributed by atoms with E-state index >= 15 is 0 Å². The molecule has 0 atom stereocenters. The van der Waals surface area contributed by atoms with Crippen LogP contribution in [-0.2, 0) is 6.42 Å². The summed E-state index contributed by atoms with van der Waals surface area (Å²) in [6.45, 7) is 12.6. The van der Waals surface area contributed by atoms with Crippen LogP contribution in [0.5, 0.6) is 5.75 Å². The lowest BCUT2D eigenvalue weighted by atomic mass is 10.1. The van der Waals surface area contributed by atoms with Crippen molar-refractivity contribution in [1.82, 2.24) is 5.01 Å². The van der Waals surface area contributed by atoms with Gasteiger partial charge < -0.3 is 4.74 Å². The summed E-state index contributed by atoms with van der Waals surface area (Å²) in [5, 5.41) is 10.7. The Morgan fingerprint density at radius 2 is 1.88 bits per heavy atom. The number of nitrogens with zero attached hydrogens (tertiary/aromatic N) is 3. The third-order valence-corrected chi connectivity index (χ3v) is 4.44. The zero-order chi connectivity index (χ0) is 18.0. The fraction of sp³-hybridized carbons (Fsp3) is 0.579. The average molecular weight is 346 g/mol. The maximum absolute atomic E-state index is 5.46. The lowest BCUT2D eigenvalue weighted by Gasteiger charge is -2.13. The Bertz CT molecular complexity index is 593. The second-order valence-corrected chi connectivity index (χ2v) is 11.5. The van der Waals surface area contributed by atoms with E-state index in [1.807, 2.05) is 17.1 Å². The van der Waals surface area contributed by atoms with Crippen LogP contribution in [-0.4, -0.2) is 33.3 Å². The molecule has 0 amide bonds. The summed E-state index contributed by atoms with van der Waals surface area (Å²) in [5.41, 5.74) is 5.42. The molecule has 1 aromatic carbocycles. The predicted octanol–water partition coefficient (Wildman–Crippen LogP) is 5.24. The van der Waals surface area contributed by atoms with Gasteiger partial charge >= 0.3 is 0 Å². The van der Waals surface area contributed by atoms with Gasteiger partial charge in [0.05, 0.1) is 7.11 Å². The molecule has 0 heterocycles. The highest BCUT2D eigenvalue weighted by molar-refractivity contribution is 6.83. The van der Waals surface area contributed by atoms with Crippen molar-refractivity contribution in [1.29, 1.82) is 0 Å². The van der Waals surface area contributed by atoms with Crippen molar-refractivity contribution >= 4 is 13.8 Å². The van der Waals surface area contributed by atoms with Crippen molar-refractivity contribution in [2.24, 2.45) is 10.3 Å². The highest BCUT2D eigenvalue weighted by atomic mass is 28.3. The van der Waals surface area contributed by atoms with Crippen molar-refractivity contribution in [3.05, 3.63) is 23.8 Å². The zero-order valence-corrected chi connectivity index (χ0v) is 17.0. The van der Waals surface area contributed by atoms with Crippen LogP contribution in [0.25, 0.3) is 0 Å². The van der Waals surface area contributed by atoms with E-state index in [0.717, 1.165) is 43.8 Å². The highest BCUT2D eigenvalue weighted by Crippen LogP contribution is 2.32. The Kier molecular flexibility index (Phi) is 8.55. The van der Waals surface area contributed by atoms with Gasteiger partial charge in [0.1, 0.15) is 19.5 Å². The lowest BCUT2D eigenvalue weighted by Crippen LogP contribution is -2.16. The van der Waals surface area contributed by atoms with Gasteiger partial charge in [-0.3, -0.25) is 5.01 Å². The molecule has 4 nitrogen and oxygen atoms in total. The Balaban J connectivity index is 2.84. The standard InChI is InChI=1S/C19H31N3OSi/c1-7-22(8-2)21-20-19-17(14-12-15-18(19)23-3)13-10-9-11-16-24(4,5)6/h12,14-15H,7-10,13H2,1-6H3. The van der Waals surface area contributed by atoms with Crippen LogP contribution in [0.2, 0.25) is 19.6 Å². The molecule has 0 bridgehead atoms. The molecule has 0 radical (unpaired) electrons. The monoisotopic (exact) mass is 345 g/mol. The number of unbranched alkanes of at least 4 members (excludes halogenated alkanes) is 1. The largest absolute Gasteiger partial charge is 0.494 e. The predicted molar refractivity (Wildman–Crippen MR) is 104 cm³/mol. The molecule has 0 aromatic heterocycles. The molecule has 0 aliphatic heterocycles. The van der Waals surface area contributed by atoms with Gasteiger partial charge in [-0.15, -0.1) is 16.6 Å². The molecule has 0 aliphatic rings. The van der Waals surface area contributed by atoms with Gasteiger partial charge in [0.2, 0.25) is 0 Å². The first-order valence-corrected chi connectivity index (χ1v) is 12.2. The van der Waals surface area contributed by atoms with Crippen LogP contribution in [0.1, 0.15) is 32.3 Å². The molecule has 1 rings (SSSR count). The van der Waals surface area contributed by atoms with E-state index in [1.165, 1.54) is 5.56 Å². The molecule has 0 unspecified atom stereocenters. The topological polar surface area (TPSA) is 37.2 Å². The van der Waals surface area contributed by atoms with E-state index in [4.69, 9.17) is 4.74 Å². The molecular formula is C19H31N3OSi. The van der Waals surface area contributed by atoms with Gasteiger partial charge in [-0.2, -0.15) is 0 Å². The summed E-state index contributed by atoms with van der Waals surface area (Å²) in [4.78, 5) is 0. The molecule has 1 aromatic rings. The average Bonchev–Trinajstić information content (AvgIpc) is 2.55. The fourth-order valence-corrected chi connectivity index (χ4v) is 2.86. The van der Waals surface area contributed by atoms with Gasteiger partial charge in [-0.1, -0.05) is 37.0 Å². The normalized spacial score (nSPS) is 11.2. The number of hydrogen-bond donors (Lipinski definition) is 0. The summed E-state index contributed by atoms with van der Waals surface area (Å²) in [6, 6.07) is 6.05. The molecule has 24 heavy (non-hydrogen) atoms. The van der Waals surface area contributed by atoms with Crippen LogP contribution >= 0.6 is 0 Å². The van der Waals surface area contributed by atoms with Crippen LogP contribution in [0, 0.1) is 11.5 Å². The Morgan fingerprint density at radius 1 is 1.17 bits per heavy atom. The van der Waals surface area contributed by atoms with E-state index in [9.17, 15) is 0 Å². The number of methoxy groups -OCH3 is 1. The van der Waals surface area contributed by atoms with E-state index in [2.05, 4.69) is 61.4 Å². The number of aryl methyl sites for hydroxylation is 1. The van der Waals surface area contributed by atoms with Crippen LogP contribution in [0.15, 0.2) is 28.5 Å². The zero-order valence-electron chi connectivity index (χ0n) is 16.0. The first-order chi connectivity index (χ1) is 11.4. The molecular weight excluding hydrogens is 314 g/mol. The first kappa shape index (κ1) is 20.2. The minimum Gasteiger partial charge on any atom is -0.494 e. The number of benzene rings is 1. The molecule has 0 saturated carbocycles. The molecule has 0 spiro atoms. The Hall–Kier alpha value is -1.80. The fourth-order valence-electron chi connectivity index (χ4n) is 2.20. The third kappa shape index (κ3) is 7.18. The van der Waals surface area contributed by atoms with Gasteiger partial charge in [0.25, 0.3) is 0 Å². The van der Waals surface area contributed by atoms with Crippen molar-refractivity contribution in [2.75, 3.05) is 20.2 Å².